The number of benzene rings is 3. The Labute approximate surface area is 288 Å². The van der Waals surface area contributed by atoms with Gasteiger partial charge >= 0.3 is 0 Å². The fourth-order valence-electron chi connectivity index (χ4n) is 6.40. The van der Waals surface area contributed by atoms with Crippen LogP contribution in [0.1, 0.15) is 47.1 Å². The van der Waals surface area contributed by atoms with E-state index in [0.717, 1.165) is 22.4 Å². The molecule has 5 N–H and O–H groups in total. The molecule has 49 heavy (non-hydrogen) atoms. The fourth-order valence-corrected chi connectivity index (χ4v) is 7.74. The first-order chi connectivity index (χ1) is 23.4. The van der Waals surface area contributed by atoms with E-state index in [-0.39, 0.29) is 42.9 Å². The SMILES string of the molecule is Cc1ccc(C)c(N2CCN(C(=O)C[C@@H](NS(=O)(=O)Cc3ccccc3)C(=O)N3CCC[C@H]3C(=O)NCc3ccc(C(=N)N)cc3)CC2)c1. The molecule has 2 aliphatic rings. The summed E-state index contributed by atoms with van der Waals surface area (Å²) in [5, 5.41) is 10.4. The van der Waals surface area contributed by atoms with Crippen molar-refractivity contribution < 1.29 is 22.8 Å². The molecular formula is C36H45N7O5S. The molecular weight excluding hydrogens is 643 g/mol. The molecule has 2 heterocycles. The van der Waals surface area contributed by atoms with Crippen LogP contribution in [-0.4, -0.2) is 86.6 Å². The molecule has 0 aliphatic carbocycles. The summed E-state index contributed by atoms with van der Waals surface area (Å²) in [6, 6.07) is 19.7. The number of amides is 3. The summed E-state index contributed by atoms with van der Waals surface area (Å²) in [6.45, 7) is 6.67. The molecule has 0 spiro atoms. The Morgan fingerprint density at radius 1 is 0.918 bits per heavy atom. The zero-order valence-corrected chi connectivity index (χ0v) is 28.8. The van der Waals surface area contributed by atoms with Crippen LogP contribution in [-0.2, 0) is 36.7 Å². The van der Waals surface area contributed by atoms with Crippen LogP contribution in [0.2, 0.25) is 0 Å². The molecule has 0 bridgehead atoms. The van der Waals surface area contributed by atoms with E-state index >= 15 is 0 Å². The van der Waals surface area contributed by atoms with Gasteiger partial charge in [0.1, 0.15) is 17.9 Å². The molecule has 3 aromatic carbocycles. The van der Waals surface area contributed by atoms with Crippen molar-refractivity contribution in [3.05, 3.63) is 101 Å². The summed E-state index contributed by atoms with van der Waals surface area (Å²) >= 11 is 0. The number of nitrogen functional groups attached to an aromatic ring is 1. The quantitative estimate of drug-likeness (QED) is 0.168. The summed E-state index contributed by atoms with van der Waals surface area (Å²) < 4.78 is 29.3. The topological polar surface area (TPSA) is 169 Å². The molecule has 12 nitrogen and oxygen atoms in total. The number of hydrogen-bond donors (Lipinski definition) is 4. The molecule has 0 radical (unpaired) electrons. The third-order valence-corrected chi connectivity index (χ3v) is 10.5. The summed E-state index contributed by atoms with van der Waals surface area (Å²) in [5.74, 6) is -1.69. The van der Waals surface area contributed by atoms with E-state index in [4.69, 9.17) is 11.1 Å². The van der Waals surface area contributed by atoms with Gasteiger partial charge in [-0.25, -0.2) is 13.1 Å². The van der Waals surface area contributed by atoms with E-state index in [0.29, 0.717) is 50.1 Å². The van der Waals surface area contributed by atoms with Crippen LogP contribution in [0.3, 0.4) is 0 Å². The highest BCUT2D eigenvalue weighted by molar-refractivity contribution is 7.88. The number of likely N-dealkylation sites (tertiary alicyclic amines) is 1. The number of rotatable bonds is 12. The second kappa shape index (κ2) is 15.6. The zero-order valence-electron chi connectivity index (χ0n) is 28.0. The third-order valence-electron chi connectivity index (χ3n) is 9.11. The Hall–Kier alpha value is -4.75. The number of amidine groups is 1. The Morgan fingerprint density at radius 3 is 2.29 bits per heavy atom. The Kier molecular flexibility index (Phi) is 11.4. The molecule has 2 fully saturated rings. The second-order valence-corrected chi connectivity index (χ2v) is 14.5. The van der Waals surface area contributed by atoms with Gasteiger partial charge in [-0.1, -0.05) is 66.7 Å². The Bertz CT molecular complexity index is 1770. The minimum atomic E-state index is -4.03. The van der Waals surface area contributed by atoms with Crippen molar-refractivity contribution in [2.75, 3.05) is 37.6 Å². The Morgan fingerprint density at radius 2 is 1.61 bits per heavy atom. The van der Waals surface area contributed by atoms with Gasteiger partial charge < -0.3 is 25.8 Å². The third kappa shape index (κ3) is 9.24. The lowest BCUT2D eigenvalue weighted by atomic mass is 10.1. The fraction of sp³-hybridized carbons (Fsp3) is 0.389. The molecule has 2 atom stereocenters. The summed E-state index contributed by atoms with van der Waals surface area (Å²) in [4.78, 5) is 46.4. The van der Waals surface area contributed by atoms with E-state index in [2.05, 4.69) is 40.1 Å². The molecule has 2 saturated heterocycles. The maximum atomic E-state index is 14.1. The number of aryl methyl sites for hydroxylation is 2. The van der Waals surface area contributed by atoms with Crippen molar-refractivity contribution in [3.63, 3.8) is 0 Å². The number of anilines is 1. The Balaban J connectivity index is 1.28. The van der Waals surface area contributed by atoms with Crippen molar-refractivity contribution in [1.29, 1.82) is 5.41 Å². The highest BCUT2D eigenvalue weighted by Gasteiger charge is 2.40. The minimum absolute atomic E-state index is 0.0530. The largest absolute Gasteiger partial charge is 0.384 e. The predicted molar refractivity (Wildman–Crippen MR) is 189 cm³/mol. The van der Waals surface area contributed by atoms with Gasteiger partial charge in [0.25, 0.3) is 0 Å². The summed E-state index contributed by atoms with van der Waals surface area (Å²) in [7, 11) is -4.03. The predicted octanol–water partition coefficient (Wildman–Crippen LogP) is 2.42. The number of piperazine rings is 1. The summed E-state index contributed by atoms with van der Waals surface area (Å²) in [5.41, 5.74) is 10.9. The van der Waals surface area contributed by atoms with E-state index in [1.165, 1.54) is 4.90 Å². The highest BCUT2D eigenvalue weighted by atomic mass is 32.2. The second-order valence-electron chi connectivity index (χ2n) is 12.8. The lowest BCUT2D eigenvalue weighted by Gasteiger charge is -2.37. The maximum absolute atomic E-state index is 14.1. The number of carbonyl (C=O) groups is 3. The standard InChI is InChI=1S/C36H45N7O5S/c1-25-10-11-26(2)32(21-25)41-17-19-42(20-18-41)33(44)22-30(40-49(47,48)24-28-7-4-3-5-8-28)36(46)43-16-6-9-31(43)35(45)39-23-27-12-14-29(15-13-27)34(37)38/h3-5,7-8,10-15,21,30-31,40H,6,9,16-20,22-24H2,1-2H3,(H3,37,38)(H,39,45)/t30-,31+/m1/s1. The van der Waals surface area contributed by atoms with E-state index in [9.17, 15) is 22.8 Å². The van der Waals surface area contributed by atoms with Crippen LogP contribution in [0.5, 0.6) is 0 Å². The van der Waals surface area contributed by atoms with Crippen LogP contribution >= 0.6 is 0 Å². The van der Waals surface area contributed by atoms with Crippen LogP contribution < -0.4 is 20.7 Å². The molecule has 3 amide bonds. The van der Waals surface area contributed by atoms with Crippen LogP contribution in [0.25, 0.3) is 0 Å². The highest BCUT2D eigenvalue weighted by Crippen LogP contribution is 2.24. The number of carbonyl (C=O) groups excluding carboxylic acids is 3. The first-order valence-corrected chi connectivity index (χ1v) is 18.2. The van der Waals surface area contributed by atoms with Crippen molar-refractivity contribution in [3.8, 4) is 0 Å². The lowest BCUT2D eigenvalue weighted by Crippen LogP contribution is -2.56. The maximum Gasteiger partial charge on any atom is 0.243 e. The molecule has 5 rings (SSSR count). The molecule has 0 saturated carbocycles. The number of sulfonamides is 1. The van der Waals surface area contributed by atoms with Gasteiger partial charge in [0.2, 0.25) is 27.7 Å². The number of nitrogens with zero attached hydrogens (tertiary/aromatic N) is 3. The van der Waals surface area contributed by atoms with Gasteiger partial charge in [0.05, 0.1) is 12.2 Å². The van der Waals surface area contributed by atoms with Gasteiger partial charge in [-0.2, -0.15) is 0 Å². The van der Waals surface area contributed by atoms with Crippen molar-refractivity contribution >= 4 is 39.3 Å². The zero-order chi connectivity index (χ0) is 35.1. The van der Waals surface area contributed by atoms with Crippen molar-refractivity contribution in [2.45, 2.75) is 57.5 Å². The monoisotopic (exact) mass is 687 g/mol. The van der Waals surface area contributed by atoms with Crippen LogP contribution in [0.15, 0.2) is 72.8 Å². The van der Waals surface area contributed by atoms with Gasteiger partial charge in [-0.3, -0.25) is 19.8 Å². The van der Waals surface area contributed by atoms with Crippen molar-refractivity contribution in [2.24, 2.45) is 5.73 Å². The minimum Gasteiger partial charge on any atom is -0.384 e. The van der Waals surface area contributed by atoms with Gasteiger partial charge in [-0.05, 0) is 55.0 Å². The molecule has 3 aromatic rings. The van der Waals surface area contributed by atoms with Crippen LogP contribution in [0, 0.1) is 19.3 Å². The lowest BCUT2D eigenvalue weighted by molar-refractivity contribution is -0.142. The van der Waals surface area contributed by atoms with Gasteiger partial charge in [0, 0.05) is 50.5 Å². The molecule has 2 aliphatic heterocycles. The molecule has 260 valence electrons. The normalized spacial score (nSPS) is 17.1. The number of nitrogens with two attached hydrogens (primary N) is 1. The molecule has 13 heteroatoms. The number of hydrogen-bond acceptors (Lipinski definition) is 7. The smallest absolute Gasteiger partial charge is 0.243 e. The first kappa shape index (κ1) is 35.6. The van der Waals surface area contributed by atoms with Crippen molar-refractivity contribution in [1.82, 2.24) is 19.8 Å². The van der Waals surface area contributed by atoms with E-state index in [1.54, 1.807) is 59.5 Å². The van der Waals surface area contributed by atoms with Gasteiger partial charge in [-0.15, -0.1) is 0 Å². The summed E-state index contributed by atoms with van der Waals surface area (Å²) in [6.07, 6.45) is 0.622. The average molecular weight is 688 g/mol. The van der Waals surface area contributed by atoms with Gasteiger partial charge in [0.15, 0.2) is 0 Å². The van der Waals surface area contributed by atoms with Crippen LogP contribution in [0.4, 0.5) is 5.69 Å². The van der Waals surface area contributed by atoms with E-state index in [1.807, 2.05) is 6.92 Å². The molecule has 0 unspecified atom stereocenters. The first-order valence-electron chi connectivity index (χ1n) is 16.6. The number of nitrogens with one attached hydrogen (secondary N) is 3. The average Bonchev–Trinajstić information content (AvgIpc) is 3.58. The molecule has 0 aromatic heterocycles. The van der Waals surface area contributed by atoms with E-state index < -0.39 is 28.0 Å².